The molecule has 0 aliphatic heterocycles. The molecule has 0 aliphatic carbocycles. The summed E-state index contributed by atoms with van der Waals surface area (Å²) in [5.74, 6) is 1.25. The minimum Gasteiger partial charge on any atom is -0.493 e. The number of aromatic nitrogens is 2. The fraction of sp³-hybridized carbons (Fsp3) is 0.360. The van der Waals surface area contributed by atoms with Crippen molar-refractivity contribution in [2.75, 3.05) is 17.2 Å². The molecule has 0 saturated heterocycles. The summed E-state index contributed by atoms with van der Waals surface area (Å²) >= 11 is 0. The molecule has 0 amide bonds. The van der Waals surface area contributed by atoms with Gasteiger partial charge in [0.25, 0.3) is 0 Å². The predicted molar refractivity (Wildman–Crippen MR) is 127 cm³/mol. The Morgan fingerprint density at radius 2 is 1.68 bits per heavy atom. The molecule has 1 heterocycles. The van der Waals surface area contributed by atoms with Crippen LogP contribution in [0.1, 0.15) is 39.7 Å². The number of ether oxygens (including phenoxy) is 2. The van der Waals surface area contributed by atoms with E-state index in [4.69, 9.17) is 9.47 Å². The summed E-state index contributed by atoms with van der Waals surface area (Å²) < 4.78 is 52.2. The molecule has 2 N–H and O–H groups in total. The van der Waals surface area contributed by atoms with E-state index in [-0.39, 0.29) is 17.9 Å². The number of benzene rings is 2. The molecular formula is C25H29F3N4O2. The van der Waals surface area contributed by atoms with E-state index in [2.05, 4.69) is 20.6 Å². The van der Waals surface area contributed by atoms with E-state index in [0.29, 0.717) is 35.4 Å². The zero-order valence-electron chi connectivity index (χ0n) is 19.6. The van der Waals surface area contributed by atoms with Gasteiger partial charge in [-0.3, -0.25) is 0 Å². The third kappa shape index (κ3) is 7.26. The maximum absolute atomic E-state index is 13.6. The molecule has 3 aromatic rings. The second-order valence-electron chi connectivity index (χ2n) is 8.30. The van der Waals surface area contributed by atoms with Crippen LogP contribution in [0.4, 0.5) is 36.3 Å². The standard InChI is InChI=1S/C25H29F3N4O2/c1-5-17(4)34-20-11-9-18(10-12-20)31-24-29-14-22(25(26,27)28)23(32-24)30-19-7-6-8-21(13-19)33-15-16(2)3/h6-14,16-17H,5,15H2,1-4H3,(H2,29,30,31,32). The van der Waals surface area contributed by atoms with Gasteiger partial charge in [-0.1, -0.05) is 26.8 Å². The molecule has 1 atom stereocenters. The molecule has 0 saturated carbocycles. The summed E-state index contributed by atoms with van der Waals surface area (Å²) in [5, 5.41) is 5.70. The Balaban J connectivity index is 1.81. The normalized spacial score (nSPS) is 12.4. The largest absolute Gasteiger partial charge is 0.493 e. The first-order valence-electron chi connectivity index (χ1n) is 11.1. The van der Waals surface area contributed by atoms with Crippen LogP contribution in [0.5, 0.6) is 11.5 Å². The molecule has 0 spiro atoms. The number of rotatable bonds is 10. The van der Waals surface area contributed by atoms with Crippen LogP contribution in [0.2, 0.25) is 0 Å². The van der Waals surface area contributed by atoms with Crippen molar-refractivity contribution >= 4 is 23.1 Å². The van der Waals surface area contributed by atoms with Gasteiger partial charge in [0.2, 0.25) is 5.95 Å². The molecule has 34 heavy (non-hydrogen) atoms. The summed E-state index contributed by atoms with van der Waals surface area (Å²) in [6.45, 7) is 8.53. The first kappa shape index (κ1) is 25.1. The highest BCUT2D eigenvalue weighted by molar-refractivity contribution is 5.64. The lowest BCUT2D eigenvalue weighted by Gasteiger charge is -2.16. The second kappa shape index (κ2) is 11.1. The lowest BCUT2D eigenvalue weighted by molar-refractivity contribution is -0.137. The van der Waals surface area contributed by atoms with Crippen LogP contribution in [0.15, 0.2) is 54.7 Å². The zero-order valence-corrected chi connectivity index (χ0v) is 19.6. The van der Waals surface area contributed by atoms with Crippen molar-refractivity contribution in [3.05, 3.63) is 60.3 Å². The molecular weight excluding hydrogens is 445 g/mol. The molecule has 1 aromatic heterocycles. The van der Waals surface area contributed by atoms with Gasteiger partial charge in [-0.05, 0) is 55.7 Å². The van der Waals surface area contributed by atoms with Gasteiger partial charge in [0.15, 0.2) is 0 Å². The maximum Gasteiger partial charge on any atom is 0.421 e. The quantitative estimate of drug-likeness (QED) is 0.324. The van der Waals surface area contributed by atoms with Gasteiger partial charge in [-0.15, -0.1) is 0 Å². The van der Waals surface area contributed by atoms with Gasteiger partial charge in [0.1, 0.15) is 22.9 Å². The molecule has 1 unspecified atom stereocenters. The topological polar surface area (TPSA) is 68.3 Å². The number of hydrogen-bond donors (Lipinski definition) is 2. The third-order valence-corrected chi connectivity index (χ3v) is 4.80. The Morgan fingerprint density at radius 1 is 0.941 bits per heavy atom. The Kier molecular flexibility index (Phi) is 8.20. The van der Waals surface area contributed by atoms with E-state index in [0.717, 1.165) is 12.6 Å². The van der Waals surface area contributed by atoms with E-state index in [1.807, 2.05) is 27.7 Å². The number of nitrogens with one attached hydrogen (secondary N) is 2. The van der Waals surface area contributed by atoms with Gasteiger partial charge < -0.3 is 20.1 Å². The summed E-state index contributed by atoms with van der Waals surface area (Å²) in [7, 11) is 0. The van der Waals surface area contributed by atoms with Gasteiger partial charge in [0, 0.05) is 23.6 Å². The number of halogens is 3. The molecule has 0 aliphatic rings. The van der Waals surface area contributed by atoms with E-state index < -0.39 is 11.7 Å². The van der Waals surface area contributed by atoms with Crippen molar-refractivity contribution in [3.63, 3.8) is 0 Å². The third-order valence-electron chi connectivity index (χ3n) is 4.80. The van der Waals surface area contributed by atoms with E-state index in [1.54, 1.807) is 48.5 Å². The Morgan fingerprint density at radius 3 is 2.32 bits per heavy atom. The van der Waals surface area contributed by atoms with Crippen molar-refractivity contribution in [2.45, 2.75) is 46.4 Å². The summed E-state index contributed by atoms with van der Waals surface area (Å²) in [4.78, 5) is 7.95. The molecule has 0 fully saturated rings. The smallest absolute Gasteiger partial charge is 0.421 e. The number of alkyl halides is 3. The molecule has 6 nitrogen and oxygen atoms in total. The van der Waals surface area contributed by atoms with E-state index in [9.17, 15) is 13.2 Å². The van der Waals surface area contributed by atoms with Crippen molar-refractivity contribution in [1.29, 1.82) is 0 Å². The number of nitrogens with zero attached hydrogens (tertiary/aromatic N) is 2. The number of anilines is 4. The molecule has 3 rings (SSSR count). The fourth-order valence-corrected chi connectivity index (χ4v) is 2.87. The highest BCUT2D eigenvalue weighted by Crippen LogP contribution is 2.36. The molecule has 2 aromatic carbocycles. The average Bonchev–Trinajstić information content (AvgIpc) is 2.78. The molecule has 0 bridgehead atoms. The molecule has 182 valence electrons. The van der Waals surface area contributed by atoms with Crippen LogP contribution in [-0.4, -0.2) is 22.7 Å². The summed E-state index contributed by atoms with van der Waals surface area (Å²) in [6.07, 6.45) is -2.90. The van der Waals surface area contributed by atoms with Crippen LogP contribution in [0, 0.1) is 5.92 Å². The SMILES string of the molecule is CCC(C)Oc1ccc(Nc2ncc(C(F)(F)F)c(Nc3cccc(OCC(C)C)c3)n2)cc1. The second-order valence-corrected chi connectivity index (χ2v) is 8.30. The molecule has 9 heteroatoms. The monoisotopic (exact) mass is 474 g/mol. The Labute approximate surface area is 197 Å². The maximum atomic E-state index is 13.6. The highest BCUT2D eigenvalue weighted by atomic mass is 19.4. The van der Waals surface area contributed by atoms with Crippen LogP contribution in [0.25, 0.3) is 0 Å². The van der Waals surface area contributed by atoms with Crippen molar-refractivity contribution in [2.24, 2.45) is 5.92 Å². The van der Waals surface area contributed by atoms with Crippen LogP contribution >= 0.6 is 0 Å². The minimum absolute atomic E-state index is 0.0262. The van der Waals surface area contributed by atoms with Gasteiger partial charge >= 0.3 is 6.18 Å². The Bertz CT molecular complexity index is 1070. The Hall–Kier alpha value is -3.49. The first-order valence-corrected chi connectivity index (χ1v) is 11.1. The van der Waals surface area contributed by atoms with Crippen LogP contribution in [0.3, 0.4) is 0 Å². The first-order chi connectivity index (χ1) is 16.1. The highest BCUT2D eigenvalue weighted by Gasteiger charge is 2.35. The zero-order chi connectivity index (χ0) is 24.7. The summed E-state index contributed by atoms with van der Waals surface area (Å²) in [5.41, 5.74) is 0.0677. The lowest BCUT2D eigenvalue weighted by Crippen LogP contribution is -2.13. The van der Waals surface area contributed by atoms with E-state index >= 15 is 0 Å². The van der Waals surface area contributed by atoms with Gasteiger partial charge in [0.05, 0.1) is 12.7 Å². The van der Waals surface area contributed by atoms with Crippen LogP contribution < -0.4 is 20.1 Å². The minimum atomic E-state index is -4.62. The number of hydrogen-bond acceptors (Lipinski definition) is 6. The van der Waals surface area contributed by atoms with Gasteiger partial charge in [-0.25, -0.2) is 4.98 Å². The van der Waals surface area contributed by atoms with Crippen LogP contribution in [-0.2, 0) is 6.18 Å². The lowest BCUT2D eigenvalue weighted by atomic mass is 10.2. The summed E-state index contributed by atoms with van der Waals surface area (Å²) in [6, 6.07) is 13.8. The van der Waals surface area contributed by atoms with Crippen molar-refractivity contribution in [3.8, 4) is 11.5 Å². The van der Waals surface area contributed by atoms with Crippen molar-refractivity contribution in [1.82, 2.24) is 9.97 Å². The average molecular weight is 475 g/mol. The van der Waals surface area contributed by atoms with Crippen molar-refractivity contribution < 1.29 is 22.6 Å². The van der Waals surface area contributed by atoms with Gasteiger partial charge in [-0.2, -0.15) is 18.2 Å². The molecule has 0 radical (unpaired) electrons. The predicted octanol–water partition coefficient (Wildman–Crippen LogP) is 7.19. The fourth-order valence-electron chi connectivity index (χ4n) is 2.87. The van der Waals surface area contributed by atoms with E-state index in [1.165, 1.54) is 0 Å².